The highest BCUT2D eigenvalue weighted by Crippen LogP contribution is 2.14. The van der Waals surface area contributed by atoms with Crippen LogP contribution in [-0.4, -0.2) is 41.6 Å². The van der Waals surface area contributed by atoms with Crippen molar-refractivity contribution in [2.45, 2.75) is 71.4 Å². The summed E-state index contributed by atoms with van der Waals surface area (Å²) < 4.78 is 10.1. The molecule has 0 aromatic carbocycles. The summed E-state index contributed by atoms with van der Waals surface area (Å²) in [6, 6.07) is 2.86. The second kappa shape index (κ2) is 10.6. The van der Waals surface area contributed by atoms with Gasteiger partial charge in [0, 0.05) is 24.7 Å². The minimum absolute atomic E-state index is 0.164. The van der Waals surface area contributed by atoms with Gasteiger partial charge in [0.2, 0.25) is 0 Å². The molecule has 1 aromatic heterocycles. The van der Waals surface area contributed by atoms with Crippen LogP contribution in [0.5, 0.6) is 0 Å². The Labute approximate surface area is 160 Å². The number of carbonyl (C=O) groups excluding carboxylic acids is 3. The van der Waals surface area contributed by atoms with E-state index in [1.54, 1.807) is 27.0 Å². The van der Waals surface area contributed by atoms with E-state index in [9.17, 15) is 14.4 Å². The fraction of sp³-hybridized carbons (Fsp3) is 0.600. The van der Waals surface area contributed by atoms with E-state index in [-0.39, 0.29) is 12.2 Å². The lowest BCUT2D eigenvalue weighted by molar-refractivity contribution is -0.143. The van der Waals surface area contributed by atoms with Gasteiger partial charge in [0.05, 0.1) is 7.11 Å². The van der Waals surface area contributed by atoms with Gasteiger partial charge in [0.25, 0.3) is 0 Å². The Bertz CT molecular complexity index is 640. The number of nitrogens with one attached hydrogen (secondary N) is 1. The van der Waals surface area contributed by atoms with Gasteiger partial charge in [-0.05, 0) is 51.7 Å². The number of hydrogen-bond donors (Lipinski definition) is 1. The van der Waals surface area contributed by atoms with Crippen LogP contribution in [0.4, 0.5) is 4.79 Å². The summed E-state index contributed by atoms with van der Waals surface area (Å²) >= 11 is 0. The molecule has 150 valence electrons. The van der Waals surface area contributed by atoms with E-state index in [2.05, 4.69) is 10.3 Å². The molecule has 7 heteroatoms. The summed E-state index contributed by atoms with van der Waals surface area (Å²) in [7, 11) is 1.27. The third-order valence-electron chi connectivity index (χ3n) is 4.29. The zero-order valence-corrected chi connectivity index (χ0v) is 16.8. The van der Waals surface area contributed by atoms with Crippen molar-refractivity contribution in [2.75, 3.05) is 7.11 Å². The molecule has 0 saturated carbocycles. The van der Waals surface area contributed by atoms with Crippen LogP contribution in [0.25, 0.3) is 0 Å². The van der Waals surface area contributed by atoms with Gasteiger partial charge in [-0.15, -0.1) is 0 Å². The largest absolute Gasteiger partial charge is 0.467 e. The minimum atomic E-state index is -0.861. The molecule has 0 radical (unpaired) electrons. The molecular weight excluding hydrogens is 348 g/mol. The number of ether oxygens (including phenoxy) is 2. The monoisotopic (exact) mass is 378 g/mol. The molecule has 0 bridgehead atoms. The highest BCUT2D eigenvalue weighted by molar-refractivity contribution is 5.81. The van der Waals surface area contributed by atoms with Crippen molar-refractivity contribution < 1.29 is 23.9 Å². The third kappa shape index (κ3) is 8.66. The number of ketones is 1. The minimum Gasteiger partial charge on any atom is -0.467 e. The highest BCUT2D eigenvalue weighted by atomic mass is 16.6. The lowest BCUT2D eigenvalue weighted by atomic mass is 10.1. The van der Waals surface area contributed by atoms with Gasteiger partial charge in [0.1, 0.15) is 17.4 Å². The maximum atomic E-state index is 12.1. The Morgan fingerprint density at radius 3 is 2.48 bits per heavy atom. The van der Waals surface area contributed by atoms with Crippen LogP contribution in [0.2, 0.25) is 0 Å². The lowest BCUT2D eigenvalue weighted by Gasteiger charge is -2.25. The average molecular weight is 378 g/mol. The SMILES string of the molecule is CCC(C)(C)OC(=O)N[C@@H](Cc1ccc(CCCC(C)=O)nc1)C(=O)OC. The summed E-state index contributed by atoms with van der Waals surface area (Å²) in [5.41, 5.74) is 1.05. The predicted octanol–water partition coefficient (Wildman–Crippen LogP) is 2.99. The van der Waals surface area contributed by atoms with E-state index in [4.69, 9.17) is 9.47 Å². The van der Waals surface area contributed by atoms with Crippen molar-refractivity contribution in [3.63, 3.8) is 0 Å². The molecule has 1 aromatic rings. The zero-order valence-electron chi connectivity index (χ0n) is 16.8. The number of rotatable bonds is 10. The molecule has 27 heavy (non-hydrogen) atoms. The molecule has 0 spiro atoms. The summed E-state index contributed by atoms with van der Waals surface area (Å²) in [5.74, 6) is -0.386. The Kier molecular flexibility index (Phi) is 8.91. The maximum Gasteiger partial charge on any atom is 0.408 e. The van der Waals surface area contributed by atoms with Gasteiger partial charge in [-0.25, -0.2) is 9.59 Å². The molecule has 1 N–H and O–H groups in total. The fourth-order valence-corrected chi connectivity index (χ4v) is 2.31. The number of aryl methyl sites for hydroxylation is 1. The summed E-state index contributed by atoms with van der Waals surface area (Å²) in [4.78, 5) is 39.4. The van der Waals surface area contributed by atoms with E-state index >= 15 is 0 Å². The number of hydrogen-bond acceptors (Lipinski definition) is 6. The number of carbonyl (C=O) groups is 3. The molecule has 1 heterocycles. The molecule has 0 fully saturated rings. The number of Topliss-reactive ketones (excluding diaryl/α,β-unsaturated/α-hetero) is 1. The normalized spacial score (nSPS) is 12.2. The summed E-state index contributed by atoms with van der Waals surface area (Å²) in [6.45, 7) is 7.08. The first-order valence-corrected chi connectivity index (χ1v) is 9.17. The quantitative estimate of drug-likeness (QED) is 0.629. The van der Waals surface area contributed by atoms with Crippen LogP contribution >= 0.6 is 0 Å². The predicted molar refractivity (Wildman–Crippen MR) is 101 cm³/mol. The number of esters is 1. The Balaban J connectivity index is 2.69. The lowest BCUT2D eigenvalue weighted by Crippen LogP contribution is -2.45. The van der Waals surface area contributed by atoms with Crippen LogP contribution in [-0.2, 0) is 31.9 Å². The van der Waals surface area contributed by atoms with Gasteiger partial charge in [-0.3, -0.25) is 4.98 Å². The summed E-state index contributed by atoms with van der Waals surface area (Å²) in [6.07, 6.45) is 3.92. The van der Waals surface area contributed by atoms with Gasteiger partial charge < -0.3 is 19.6 Å². The number of amides is 1. The van der Waals surface area contributed by atoms with E-state index in [1.165, 1.54) is 7.11 Å². The van der Waals surface area contributed by atoms with E-state index in [0.717, 1.165) is 24.1 Å². The molecule has 0 unspecified atom stereocenters. The Morgan fingerprint density at radius 1 is 1.26 bits per heavy atom. The van der Waals surface area contributed by atoms with Crippen molar-refractivity contribution in [3.8, 4) is 0 Å². The van der Waals surface area contributed by atoms with Crippen LogP contribution in [0.1, 0.15) is 58.2 Å². The van der Waals surface area contributed by atoms with Gasteiger partial charge in [0.15, 0.2) is 0 Å². The zero-order chi connectivity index (χ0) is 20.4. The Hall–Kier alpha value is -2.44. The number of aromatic nitrogens is 1. The highest BCUT2D eigenvalue weighted by Gasteiger charge is 2.26. The first-order chi connectivity index (χ1) is 12.7. The fourth-order valence-electron chi connectivity index (χ4n) is 2.31. The van der Waals surface area contributed by atoms with Crippen LogP contribution in [0.15, 0.2) is 18.3 Å². The summed E-state index contributed by atoms with van der Waals surface area (Å²) in [5, 5.41) is 2.57. The molecule has 1 amide bonds. The molecule has 0 aliphatic heterocycles. The molecule has 0 aliphatic rings. The van der Waals surface area contributed by atoms with Crippen LogP contribution in [0.3, 0.4) is 0 Å². The van der Waals surface area contributed by atoms with E-state index in [1.807, 2.05) is 19.1 Å². The van der Waals surface area contributed by atoms with Crippen LogP contribution < -0.4 is 5.32 Å². The molecule has 7 nitrogen and oxygen atoms in total. The molecule has 1 rings (SSSR count). The van der Waals surface area contributed by atoms with Crippen molar-refractivity contribution >= 4 is 17.8 Å². The van der Waals surface area contributed by atoms with Gasteiger partial charge in [-0.2, -0.15) is 0 Å². The number of nitrogens with zero attached hydrogens (tertiary/aromatic N) is 1. The van der Waals surface area contributed by atoms with E-state index in [0.29, 0.717) is 12.8 Å². The van der Waals surface area contributed by atoms with Crippen molar-refractivity contribution in [3.05, 3.63) is 29.6 Å². The topological polar surface area (TPSA) is 94.6 Å². The van der Waals surface area contributed by atoms with Crippen molar-refractivity contribution in [1.82, 2.24) is 10.3 Å². The van der Waals surface area contributed by atoms with Crippen molar-refractivity contribution in [2.24, 2.45) is 0 Å². The first-order valence-electron chi connectivity index (χ1n) is 9.17. The van der Waals surface area contributed by atoms with Crippen LogP contribution in [0, 0.1) is 0 Å². The van der Waals surface area contributed by atoms with Gasteiger partial charge >= 0.3 is 12.1 Å². The number of alkyl carbamates (subject to hydrolysis) is 1. The number of methoxy groups -OCH3 is 1. The molecular formula is C20H30N2O5. The third-order valence-corrected chi connectivity index (χ3v) is 4.29. The number of pyridine rings is 1. The maximum absolute atomic E-state index is 12.1. The van der Waals surface area contributed by atoms with Crippen molar-refractivity contribution in [1.29, 1.82) is 0 Å². The molecule has 0 aliphatic carbocycles. The first kappa shape index (κ1) is 22.6. The average Bonchev–Trinajstić information content (AvgIpc) is 2.61. The second-order valence-electron chi connectivity index (χ2n) is 7.14. The molecule has 0 saturated heterocycles. The van der Waals surface area contributed by atoms with Gasteiger partial charge in [-0.1, -0.05) is 13.0 Å². The van der Waals surface area contributed by atoms with E-state index < -0.39 is 23.7 Å². The smallest absolute Gasteiger partial charge is 0.408 e. The second-order valence-corrected chi connectivity index (χ2v) is 7.14. The molecule has 1 atom stereocenters. The standard InChI is InChI=1S/C20H30N2O5/c1-6-20(3,4)27-19(25)22-17(18(24)26-5)12-15-10-11-16(21-13-15)9-7-8-14(2)23/h10-11,13,17H,6-9,12H2,1-5H3,(H,22,25)/t17-/m0/s1. The Morgan fingerprint density at radius 2 is 1.96 bits per heavy atom.